The predicted molar refractivity (Wildman–Crippen MR) is 37.0 cm³/mol. The fourth-order valence-electron chi connectivity index (χ4n) is 0.217. The van der Waals surface area contributed by atoms with Crippen molar-refractivity contribution < 1.29 is 4.74 Å². The molecule has 0 fully saturated rings. The van der Waals surface area contributed by atoms with Crippen LogP contribution >= 0.6 is 34.8 Å². The summed E-state index contributed by atoms with van der Waals surface area (Å²) in [6, 6.07) is 0.181. The van der Waals surface area contributed by atoms with Crippen LogP contribution in [0.5, 0.6) is 0 Å². The molecular weight excluding hydrogens is 170 g/mol. The molecule has 0 saturated carbocycles. The lowest BCUT2D eigenvalue weighted by molar-refractivity contribution is 0.182. The first-order valence-electron chi connectivity index (χ1n) is 2.15. The molecule has 0 aliphatic carbocycles. The van der Waals surface area contributed by atoms with E-state index in [9.17, 15) is 0 Å². The molecule has 0 aromatic rings. The van der Waals surface area contributed by atoms with Crippen LogP contribution in [0.1, 0.15) is 0 Å². The van der Waals surface area contributed by atoms with Gasteiger partial charge in [0, 0.05) is 5.88 Å². The molecule has 0 aliphatic rings. The molecule has 0 aromatic heterocycles. The van der Waals surface area contributed by atoms with E-state index in [1.165, 1.54) is 0 Å². The first-order valence-corrected chi connectivity index (χ1v) is 3.65. The van der Waals surface area contributed by atoms with E-state index >= 15 is 0 Å². The Kier molecular flexibility index (Phi) is 6.58. The van der Waals surface area contributed by atoms with Gasteiger partial charge in [0.1, 0.15) is 6.07 Å². The SMILES string of the molecule is ClCOCC(Cl)CCl. The molecule has 1 nitrogen and oxygen atoms in total. The zero-order valence-electron chi connectivity index (χ0n) is 4.24. The molecule has 50 valence electrons. The smallest absolute Gasteiger partial charge is 0.120 e. The van der Waals surface area contributed by atoms with Crippen molar-refractivity contribution in [2.45, 2.75) is 5.38 Å². The Balaban J connectivity index is 2.86. The van der Waals surface area contributed by atoms with Gasteiger partial charge in [0.15, 0.2) is 0 Å². The summed E-state index contributed by atoms with van der Waals surface area (Å²) >= 11 is 16.0. The first kappa shape index (κ1) is 8.83. The van der Waals surface area contributed by atoms with Gasteiger partial charge in [0.2, 0.25) is 0 Å². The highest BCUT2D eigenvalue weighted by atomic mass is 35.5. The van der Waals surface area contributed by atoms with Crippen molar-refractivity contribution in [2.24, 2.45) is 0 Å². The van der Waals surface area contributed by atoms with E-state index in [4.69, 9.17) is 39.5 Å². The van der Waals surface area contributed by atoms with Gasteiger partial charge >= 0.3 is 0 Å². The Morgan fingerprint density at radius 3 is 2.38 bits per heavy atom. The quantitative estimate of drug-likeness (QED) is 0.597. The maximum Gasteiger partial charge on any atom is 0.120 e. The molecule has 1 unspecified atom stereocenters. The molecule has 0 aliphatic heterocycles. The Labute approximate surface area is 63.9 Å². The maximum atomic E-state index is 5.53. The summed E-state index contributed by atoms with van der Waals surface area (Å²) in [5.74, 6) is 0.401. The highest BCUT2D eigenvalue weighted by Gasteiger charge is 1.99. The maximum absolute atomic E-state index is 5.53. The molecule has 0 heterocycles. The van der Waals surface area contributed by atoms with Crippen molar-refractivity contribution in [1.29, 1.82) is 0 Å². The van der Waals surface area contributed by atoms with Crippen LogP contribution in [0.25, 0.3) is 0 Å². The van der Waals surface area contributed by atoms with Gasteiger partial charge in [-0.25, -0.2) is 0 Å². The second-order valence-corrected chi connectivity index (χ2v) is 2.38. The average molecular weight is 177 g/mol. The van der Waals surface area contributed by atoms with Crippen LogP contribution in [0.4, 0.5) is 0 Å². The molecule has 0 amide bonds. The Hall–Kier alpha value is 0.830. The van der Waals surface area contributed by atoms with Crippen molar-refractivity contribution in [2.75, 3.05) is 18.6 Å². The Morgan fingerprint density at radius 1 is 1.38 bits per heavy atom. The highest BCUT2D eigenvalue weighted by molar-refractivity contribution is 6.28. The van der Waals surface area contributed by atoms with Crippen LogP contribution in [0.2, 0.25) is 0 Å². The van der Waals surface area contributed by atoms with Crippen LogP contribution in [0.15, 0.2) is 0 Å². The zero-order valence-corrected chi connectivity index (χ0v) is 6.51. The summed E-state index contributed by atoms with van der Waals surface area (Å²) < 4.78 is 4.74. The van der Waals surface area contributed by atoms with Crippen molar-refractivity contribution in [1.82, 2.24) is 0 Å². The normalized spacial score (nSPS) is 13.9. The molecule has 0 rings (SSSR count). The second-order valence-electron chi connectivity index (χ2n) is 1.23. The molecule has 0 bridgehead atoms. The predicted octanol–water partition coefficient (Wildman–Crippen LogP) is 2.05. The third-order valence-electron chi connectivity index (χ3n) is 0.543. The van der Waals surface area contributed by atoms with Gasteiger partial charge in [0.05, 0.1) is 12.0 Å². The third kappa shape index (κ3) is 4.98. The van der Waals surface area contributed by atoms with Crippen LogP contribution in [0, 0.1) is 0 Å². The van der Waals surface area contributed by atoms with Gasteiger partial charge in [-0.3, -0.25) is 0 Å². The van der Waals surface area contributed by atoms with E-state index in [1.807, 2.05) is 0 Å². The average Bonchev–Trinajstić information content (AvgIpc) is 1.83. The van der Waals surface area contributed by atoms with Gasteiger partial charge in [0.25, 0.3) is 0 Å². The van der Waals surface area contributed by atoms with E-state index in [0.29, 0.717) is 12.5 Å². The summed E-state index contributed by atoms with van der Waals surface area (Å²) in [5.41, 5.74) is 0. The Morgan fingerprint density at radius 2 is 2.00 bits per heavy atom. The molecule has 0 N–H and O–H groups in total. The van der Waals surface area contributed by atoms with Gasteiger partial charge in [-0.1, -0.05) is 11.6 Å². The minimum atomic E-state index is -0.115. The van der Waals surface area contributed by atoms with E-state index in [1.54, 1.807) is 0 Å². The fourth-order valence-corrected chi connectivity index (χ4v) is 0.484. The molecule has 0 aromatic carbocycles. The largest absolute Gasteiger partial charge is 0.364 e. The summed E-state index contributed by atoms with van der Waals surface area (Å²) in [6.45, 7) is 0.425. The fraction of sp³-hybridized carbons (Fsp3) is 1.00. The second kappa shape index (κ2) is 5.96. The molecule has 8 heavy (non-hydrogen) atoms. The van der Waals surface area contributed by atoms with Crippen molar-refractivity contribution in [3.63, 3.8) is 0 Å². The monoisotopic (exact) mass is 176 g/mol. The minimum absolute atomic E-state index is 0.115. The van der Waals surface area contributed by atoms with Crippen molar-refractivity contribution >= 4 is 34.8 Å². The lowest BCUT2D eigenvalue weighted by atomic mass is 10.5. The lowest BCUT2D eigenvalue weighted by Gasteiger charge is -2.01. The number of hydrogen-bond donors (Lipinski definition) is 0. The molecule has 0 radical (unpaired) electrons. The van der Waals surface area contributed by atoms with Crippen LogP contribution in [-0.4, -0.2) is 23.9 Å². The highest BCUT2D eigenvalue weighted by Crippen LogP contribution is 1.98. The molecule has 0 spiro atoms. The molecule has 4 heteroatoms. The topological polar surface area (TPSA) is 9.23 Å². The number of alkyl halides is 3. The van der Waals surface area contributed by atoms with Gasteiger partial charge in [-0.15, -0.1) is 23.2 Å². The van der Waals surface area contributed by atoms with E-state index in [0.717, 1.165) is 0 Å². The molecule has 0 saturated heterocycles. The van der Waals surface area contributed by atoms with Crippen molar-refractivity contribution in [3.05, 3.63) is 0 Å². The van der Waals surface area contributed by atoms with Crippen LogP contribution in [0.3, 0.4) is 0 Å². The van der Waals surface area contributed by atoms with Crippen molar-refractivity contribution in [3.8, 4) is 0 Å². The standard InChI is InChI=1S/C4H7Cl3O/c5-1-4(7)2-8-3-6/h4H,1-3H2. The summed E-state index contributed by atoms with van der Waals surface area (Å²) in [6.07, 6.45) is 0. The molecule has 1 atom stereocenters. The lowest BCUT2D eigenvalue weighted by Crippen LogP contribution is -2.09. The molecular formula is C4H7Cl3O. The Bertz CT molecular complexity index is 50.5. The third-order valence-corrected chi connectivity index (χ3v) is 1.51. The summed E-state index contributed by atoms with van der Waals surface area (Å²) in [5, 5.41) is -0.115. The van der Waals surface area contributed by atoms with Gasteiger partial charge in [-0.2, -0.15) is 0 Å². The summed E-state index contributed by atoms with van der Waals surface area (Å²) in [4.78, 5) is 0. The van der Waals surface area contributed by atoms with Crippen LogP contribution in [-0.2, 0) is 4.74 Å². The van der Waals surface area contributed by atoms with Gasteiger partial charge < -0.3 is 4.74 Å². The summed E-state index contributed by atoms with van der Waals surface area (Å²) in [7, 11) is 0. The zero-order chi connectivity index (χ0) is 6.41. The number of rotatable bonds is 4. The number of hydrogen-bond acceptors (Lipinski definition) is 1. The van der Waals surface area contributed by atoms with Crippen LogP contribution < -0.4 is 0 Å². The number of ether oxygens (including phenoxy) is 1. The van der Waals surface area contributed by atoms with Gasteiger partial charge in [-0.05, 0) is 0 Å². The van der Waals surface area contributed by atoms with E-state index in [-0.39, 0.29) is 11.4 Å². The minimum Gasteiger partial charge on any atom is -0.364 e. The number of halogens is 3. The van der Waals surface area contributed by atoms with E-state index in [2.05, 4.69) is 0 Å². The van der Waals surface area contributed by atoms with E-state index < -0.39 is 0 Å². The first-order chi connectivity index (χ1) is 3.81.